The van der Waals surface area contributed by atoms with Crippen molar-refractivity contribution in [3.63, 3.8) is 0 Å². The highest BCUT2D eigenvalue weighted by molar-refractivity contribution is 9.10. The molecule has 1 aromatic carbocycles. The Morgan fingerprint density at radius 2 is 2.00 bits per heavy atom. The Kier molecular flexibility index (Phi) is 4.36. The third kappa shape index (κ3) is 3.09. The summed E-state index contributed by atoms with van der Waals surface area (Å²) in [4.78, 5) is 13.5. The van der Waals surface area contributed by atoms with Crippen LogP contribution in [0.4, 0.5) is 5.69 Å². The van der Waals surface area contributed by atoms with E-state index in [2.05, 4.69) is 48.6 Å². The monoisotopic (exact) mass is 297 g/mol. The van der Waals surface area contributed by atoms with Crippen molar-refractivity contribution in [3.05, 3.63) is 28.2 Å². The molecule has 0 aliphatic rings. The molecule has 0 spiro atoms. The lowest BCUT2D eigenvalue weighted by molar-refractivity contribution is 0.101. The number of ketones is 1. The molecule has 0 bridgehead atoms. The van der Waals surface area contributed by atoms with Gasteiger partial charge in [0.25, 0.3) is 0 Å². The van der Waals surface area contributed by atoms with Gasteiger partial charge in [0.1, 0.15) is 0 Å². The average molecular weight is 298 g/mol. The van der Waals surface area contributed by atoms with Crippen LogP contribution in [0, 0.1) is 0 Å². The van der Waals surface area contributed by atoms with E-state index in [-0.39, 0.29) is 11.3 Å². The number of hydrogen-bond acceptors (Lipinski definition) is 2. The zero-order chi connectivity index (χ0) is 13.2. The molecule has 0 radical (unpaired) electrons. The minimum Gasteiger partial charge on any atom is -0.369 e. The molecule has 94 valence electrons. The Morgan fingerprint density at radius 3 is 2.41 bits per heavy atom. The first-order valence-electron chi connectivity index (χ1n) is 5.84. The van der Waals surface area contributed by atoms with E-state index in [0.717, 1.165) is 22.1 Å². The lowest BCUT2D eigenvalue weighted by atomic mass is 9.99. The van der Waals surface area contributed by atoms with Gasteiger partial charge >= 0.3 is 0 Å². The van der Waals surface area contributed by atoms with Crippen molar-refractivity contribution in [2.24, 2.45) is 0 Å². The Bertz CT molecular complexity index is 426. The molecule has 0 heterocycles. The molecule has 0 amide bonds. The fourth-order valence-electron chi connectivity index (χ4n) is 1.56. The van der Waals surface area contributed by atoms with E-state index in [1.54, 1.807) is 6.92 Å². The van der Waals surface area contributed by atoms with Crippen LogP contribution >= 0.6 is 15.9 Å². The predicted molar refractivity (Wildman–Crippen MR) is 76.9 cm³/mol. The fraction of sp³-hybridized carbons (Fsp3) is 0.500. The van der Waals surface area contributed by atoms with Gasteiger partial charge < -0.3 is 4.90 Å². The van der Waals surface area contributed by atoms with Crippen LogP contribution in [0.3, 0.4) is 0 Å². The van der Waals surface area contributed by atoms with Crippen molar-refractivity contribution in [2.75, 3.05) is 11.9 Å². The summed E-state index contributed by atoms with van der Waals surface area (Å²) < 4.78 is 0.967. The van der Waals surface area contributed by atoms with E-state index in [9.17, 15) is 4.79 Å². The van der Waals surface area contributed by atoms with E-state index in [0.29, 0.717) is 0 Å². The Balaban J connectivity index is 3.12. The molecule has 0 fully saturated rings. The highest BCUT2D eigenvalue weighted by Gasteiger charge is 2.23. The van der Waals surface area contributed by atoms with Gasteiger partial charge in [0.15, 0.2) is 5.78 Å². The van der Waals surface area contributed by atoms with Gasteiger partial charge in [-0.05, 0) is 61.3 Å². The minimum atomic E-state index is 0.0923. The maximum absolute atomic E-state index is 11.3. The van der Waals surface area contributed by atoms with Gasteiger partial charge in [-0.25, -0.2) is 0 Å². The van der Waals surface area contributed by atoms with Crippen LogP contribution in [-0.2, 0) is 0 Å². The van der Waals surface area contributed by atoms with Gasteiger partial charge in [-0.3, -0.25) is 4.79 Å². The first-order chi connectivity index (χ1) is 7.79. The van der Waals surface area contributed by atoms with Gasteiger partial charge in [0, 0.05) is 22.6 Å². The number of Topliss-reactive ketones (excluding diaryl/α,β-unsaturated/α-hetero) is 1. The standard InChI is InChI=1S/C14H20BrNO/c1-6-14(3,4)16(5)13-8-7-11(10(2)17)9-12(13)15/h7-9H,6H2,1-5H3. The van der Waals surface area contributed by atoms with Crippen LogP contribution in [0.5, 0.6) is 0 Å². The second-order valence-corrected chi connectivity index (χ2v) is 5.80. The minimum absolute atomic E-state index is 0.0923. The number of carbonyl (C=O) groups is 1. The van der Waals surface area contributed by atoms with Crippen molar-refractivity contribution in [2.45, 2.75) is 39.7 Å². The Hall–Kier alpha value is -0.830. The SMILES string of the molecule is CCC(C)(C)N(C)c1ccc(C(C)=O)cc1Br. The molecule has 17 heavy (non-hydrogen) atoms. The molecule has 0 saturated heterocycles. The molecular formula is C14H20BrNO. The van der Waals surface area contributed by atoms with E-state index < -0.39 is 0 Å². The molecule has 0 aliphatic carbocycles. The van der Waals surface area contributed by atoms with Gasteiger partial charge in [-0.2, -0.15) is 0 Å². The molecule has 0 unspecified atom stereocenters. The summed E-state index contributed by atoms with van der Waals surface area (Å²) in [7, 11) is 2.08. The summed E-state index contributed by atoms with van der Waals surface area (Å²) in [6.45, 7) is 8.17. The molecule has 0 aromatic heterocycles. The molecule has 0 aliphatic heterocycles. The summed E-state index contributed by atoms with van der Waals surface area (Å²) in [6, 6.07) is 5.77. The second-order valence-electron chi connectivity index (χ2n) is 4.95. The topological polar surface area (TPSA) is 20.3 Å². The normalized spacial score (nSPS) is 11.4. The summed E-state index contributed by atoms with van der Waals surface area (Å²) >= 11 is 3.54. The smallest absolute Gasteiger partial charge is 0.159 e. The first-order valence-corrected chi connectivity index (χ1v) is 6.63. The Morgan fingerprint density at radius 1 is 1.41 bits per heavy atom. The second kappa shape index (κ2) is 5.21. The molecule has 0 saturated carbocycles. The number of rotatable bonds is 4. The maximum atomic E-state index is 11.3. The number of benzene rings is 1. The molecule has 1 aromatic rings. The quantitative estimate of drug-likeness (QED) is 0.773. The predicted octanol–water partition coefficient (Wildman–Crippen LogP) is 4.28. The van der Waals surface area contributed by atoms with Crippen molar-refractivity contribution < 1.29 is 4.79 Å². The number of hydrogen-bond donors (Lipinski definition) is 0. The molecule has 0 atom stereocenters. The summed E-state index contributed by atoms with van der Waals surface area (Å²) in [6.07, 6.45) is 1.06. The van der Waals surface area contributed by atoms with E-state index in [4.69, 9.17) is 0 Å². The summed E-state index contributed by atoms with van der Waals surface area (Å²) in [5.41, 5.74) is 1.95. The summed E-state index contributed by atoms with van der Waals surface area (Å²) in [5.74, 6) is 0.0923. The van der Waals surface area contributed by atoms with Crippen LogP contribution in [0.15, 0.2) is 22.7 Å². The number of carbonyl (C=O) groups excluding carboxylic acids is 1. The van der Waals surface area contributed by atoms with Gasteiger partial charge in [-0.15, -0.1) is 0 Å². The molecule has 3 heteroatoms. The molecular weight excluding hydrogens is 278 g/mol. The summed E-state index contributed by atoms with van der Waals surface area (Å²) in [5, 5.41) is 0. The largest absolute Gasteiger partial charge is 0.369 e. The average Bonchev–Trinajstić information content (AvgIpc) is 2.27. The van der Waals surface area contributed by atoms with Gasteiger partial charge in [0.05, 0.1) is 5.69 Å². The van der Waals surface area contributed by atoms with E-state index in [1.807, 2.05) is 18.2 Å². The first kappa shape index (κ1) is 14.2. The van der Waals surface area contributed by atoms with E-state index in [1.165, 1.54) is 0 Å². The number of halogens is 1. The van der Waals surface area contributed by atoms with Crippen molar-refractivity contribution in [3.8, 4) is 0 Å². The Labute approximate surface area is 112 Å². The van der Waals surface area contributed by atoms with Crippen LogP contribution in [0.1, 0.15) is 44.5 Å². The van der Waals surface area contributed by atoms with Crippen LogP contribution in [0.25, 0.3) is 0 Å². The van der Waals surface area contributed by atoms with Crippen molar-refractivity contribution in [1.29, 1.82) is 0 Å². The third-order valence-electron chi connectivity index (χ3n) is 3.49. The van der Waals surface area contributed by atoms with Gasteiger partial charge in [0.2, 0.25) is 0 Å². The van der Waals surface area contributed by atoms with Crippen molar-refractivity contribution >= 4 is 27.4 Å². The van der Waals surface area contributed by atoms with Crippen molar-refractivity contribution in [1.82, 2.24) is 0 Å². The van der Waals surface area contributed by atoms with Crippen LogP contribution in [-0.4, -0.2) is 18.4 Å². The lowest BCUT2D eigenvalue weighted by Crippen LogP contribution is -2.40. The maximum Gasteiger partial charge on any atom is 0.159 e. The lowest BCUT2D eigenvalue weighted by Gasteiger charge is -2.37. The highest BCUT2D eigenvalue weighted by atomic mass is 79.9. The van der Waals surface area contributed by atoms with Crippen LogP contribution in [0.2, 0.25) is 0 Å². The zero-order valence-electron chi connectivity index (χ0n) is 11.2. The number of nitrogens with zero attached hydrogens (tertiary/aromatic N) is 1. The molecule has 0 N–H and O–H groups in total. The number of anilines is 1. The fourth-order valence-corrected chi connectivity index (χ4v) is 2.21. The third-order valence-corrected chi connectivity index (χ3v) is 4.12. The molecule has 2 nitrogen and oxygen atoms in total. The van der Waals surface area contributed by atoms with E-state index >= 15 is 0 Å². The van der Waals surface area contributed by atoms with Crippen LogP contribution < -0.4 is 4.90 Å². The van der Waals surface area contributed by atoms with Gasteiger partial charge in [-0.1, -0.05) is 6.92 Å². The molecule has 1 rings (SSSR count). The zero-order valence-corrected chi connectivity index (χ0v) is 12.8. The highest BCUT2D eigenvalue weighted by Crippen LogP contribution is 2.32.